The molecule has 0 aliphatic heterocycles. The molecule has 1 aliphatic rings. The molecule has 1 aromatic heterocycles. The number of amides is 1. The van der Waals surface area contributed by atoms with E-state index in [1.165, 1.54) is 12.1 Å². The fourth-order valence-corrected chi connectivity index (χ4v) is 3.48. The van der Waals surface area contributed by atoms with Crippen LogP contribution in [0.4, 0.5) is 18.9 Å². The number of aromatic nitrogens is 1. The van der Waals surface area contributed by atoms with E-state index in [0.717, 1.165) is 28.6 Å². The molecule has 0 bridgehead atoms. The zero-order chi connectivity index (χ0) is 22.0. The Balaban J connectivity index is 0.00000193. The van der Waals surface area contributed by atoms with Gasteiger partial charge in [-0.3, -0.25) is 4.79 Å². The van der Waals surface area contributed by atoms with Crippen LogP contribution in [0.3, 0.4) is 0 Å². The van der Waals surface area contributed by atoms with Crippen molar-refractivity contribution < 1.29 is 25.6 Å². The summed E-state index contributed by atoms with van der Waals surface area (Å²) < 4.78 is 43.7. The van der Waals surface area contributed by atoms with Gasteiger partial charge in [0, 0.05) is 26.4 Å². The third-order valence-corrected chi connectivity index (χ3v) is 5.18. The van der Waals surface area contributed by atoms with Crippen molar-refractivity contribution in [3.05, 3.63) is 77.2 Å². The third-order valence-electron chi connectivity index (χ3n) is 5.18. The highest BCUT2D eigenvalue weighted by Gasteiger charge is 2.29. The van der Waals surface area contributed by atoms with Gasteiger partial charge in [0.1, 0.15) is 5.75 Å². The number of ether oxygens (including phenoxy) is 1. The van der Waals surface area contributed by atoms with Crippen LogP contribution in [0.25, 0.3) is 10.9 Å². The quantitative estimate of drug-likeness (QED) is 0.447. The van der Waals surface area contributed by atoms with E-state index in [1.807, 2.05) is 25.1 Å². The number of alkyl halides is 3. The molecular formula is C24H25F3N2O2. The number of carbonyl (C=O) groups is 1. The van der Waals surface area contributed by atoms with Gasteiger partial charge >= 0.3 is 6.18 Å². The Bertz CT molecular complexity index is 1180. The molecule has 0 radical (unpaired) electrons. The molecule has 4 rings (SSSR count). The van der Waals surface area contributed by atoms with Crippen LogP contribution in [-0.2, 0) is 17.4 Å². The van der Waals surface area contributed by atoms with Gasteiger partial charge in [0.25, 0.3) is 5.91 Å². The van der Waals surface area contributed by atoms with Gasteiger partial charge in [-0.1, -0.05) is 19.1 Å². The highest BCUT2D eigenvalue weighted by molar-refractivity contribution is 6.08. The minimum atomic E-state index is -4.34. The molecule has 2 N–H and O–H groups in total. The first-order valence-electron chi connectivity index (χ1n) is 9.97. The number of rotatable bonds is 6. The van der Waals surface area contributed by atoms with Crippen LogP contribution in [0.2, 0.25) is 0 Å². The van der Waals surface area contributed by atoms with E-state index in [4.69, 9.17) is 4.74 Å². The van der Waals surface area contributed by atoms with Crippen molar-refractivity contribution in [2.45, 2.75) is 25.9 Å². The molecule has 2 aromatic carbocycles. The Kier molecular flexibility index (Phi) is 5.61. The van der Waals surface area contributed by atoms with Crippen LogP contribution in [0, 0.1) is 5.92 Å². The summed E-state index contributed by atoms with van der Waals surface area (Å²) in [5.74, 6) is 0.756. The molecule has 0 spiro atoms. The second kappa shape index (κ2) is 8.36. The monoisotopic (exact) mass is 430 g/mol. The zero-order valence-electron chi connectivity index (χ0n) is 16.8. The van der Waals surface area contributed by atoms with E-state index in [9.17, 15) is 18.0 Å². The van der Waals surface area contributed by atoms with Crippen molar-refractivity contribution in [2.24, 2.45) is 5.92 Å². The maximum Gasteiger partial charge on any atom is 0.416 e. The molecule has 1 aliphatic carbocycles. The molecule has 1 atom stereocenters. The van der Waals surface area contributed by atoms with Gasteiger partial charge in [-0.05, 0) is 54.3 Å². The molecule has 3 aromatic rings. The number of aromatic amines is 1. The lowest BCUT2D eigenvalue weighted by Gasteiger charge is -2.09. The van der Waals surface area contributed by atoms with Crippen molar-refractivity contribution in [1.82, 2.24) is 4.98 Å². The minimum absolute atomic E-state index is 0. The van der Waals surface area contributed by atoms with E-state index in [0.29, 0.717) is 42.4 Å². The molecule has 164 valence electrons. The molecule has 1 heterocycles. The number of anilines is 1. The summed E-state index contributed by atoms with van der Waals surface area (Å²) in [6, 6.07) is 10.6. The zero-order valence-corrected chi connectivity index (χ0v) is 16.8. The summed E-state index contributed by atoms with van der Waals surface area (Å²) in [5.41, 5.74) is 5.25. The second-order valence-corrected chi connectivity index (χ2v) is 7.63. The first-order valence-corrected chi connectivity index (χ1v) is 9.97. The average Bonchev–Trinajstić information content (AvgIpc) is 3.34. The topological polar surface area (TPSA) is 54.1 Å². The van der Waals surface area contributed by atoms with Crippen molar-refractivity contribution in [1.29, 1.82) is 0 Å². The van der Waals surface area contributed by atoms with Gasteiger partial charge in [0.15, 0.2) is 0 Å². The number of halogens is 3. The van der Waals surface area contributed by atoms with Gasteiger partial charge in [-0.2, -0.15) is 13.2 Å². The maximum atomic E-state index is 12.7. The van der Waals surface area contributed by atoms with Crippen molar-refractivity contribution in [2.75, 3.05) is 11.9 Å². The van der Waals surface area contributed by atoms with Crippen LogP contribution in [0.15, 0.2) is 66.0 Å². The van der Waals surface area contributed by atoms with E-state index in [2.05, 4.69) is 16.0 Å². The van der Waals surface area contributed by atoms with Crippen LogP contribution < -0.4 is 10.1 Å². The Labute approximate surface area is 180 Å². The van der Waals surface area contributed by atoms with Crippen molar-refractivity contribution in [3.8, 4) is 5.75 Å². The summed E-state index contributed by atoms with van der Waals surface area (Å²) >= 11 is 0. The molecule has 0 fully saturated rings. The fraction of sp³-hybridized carbons (Fsp3) is 0.250. The predicted octanol–water partition coefficient (Wildman–Crippen LogP) is 6.36. The van der Waals surface area contributed by atoms with Gasteiger partial charge in [-0.25, -0.2) is 0 Å². The van der Waals surface area contributed by atoms with Crippen LogP contribution in [-0.4, -0.2) is 17.5 Å². The molecular weight excluding hydrogens is 405 g/mol. The first kappa shape index (κ1) is 20.8. The highest BCUT2D eigenvalue weighted by atomic mass is 19.4. The predicted molar refractivity (Wildman–Crippen MR) is 117 cm³/mol. The molecule has 31 heavy (non-hydrogen) atoms. The minimum Gasteiger partial charge on any atom is -0.493 e. The number of hydrogen-bond donors (Lipinski definition) is 2. The number of carbonyl (C=O) groups excluding carboxylic acids is 1. The van der Waals surface area contributed by atoms with Crippen LogP contribution in [0.5, 0.6) is 5.75 Å². The van der Waals surface area contributed by atoms with E-state index >= 15 is 0 Å². The average molecular weight is 430 g/mol. The number of benzene rings is 2. The molecule has 0 saturated carbocycles. The van der Waals surface area contributed by atoms with Crippen molar-refractivity contribution >= 4 is 22.5 Å². The summed E-state index contributed by atoms with van der Waals surface area (Å²) in [4.78, 5) is 15.6. The molecule has 1 amide bonds. The van der Waals surface area contributed by atoms with E-state index in [1.54, 1.807) is 12.3 Å². The van der Waals surface area contributed by atoms with Crippen LogP contribution >= 0.6 is 0 Å². The standard InChI is InChI=1S/C24H21F3N2O2.2H2/c1-15-2-5-17(12-15)23(30)29-22-14-28-21-9-8-19(13-20(21)22)31-11-10-16-3-6-18(7-4-16)24(25,26)27;;/h2-4,6-9,13-15,28H,10-12H2,1H3,(H,29,30);2*1H/t15-;;/m1../s1. The van der Waals surface area contributed by atoms with Crippen LogP contribution in [0.1, 0.15) is 27.3 Å². The molecule has 7 heteroatoms. The highest BCUT2D eigenvalue weighted by Crippen LogP contribution is 2.30. The van der Waals surface area contributed by atoms with Gasteiger partial charge in [0.2, 0.25) is 0 Å². The number of fused-ring (bicyclic) bond motifs is 1. The lowest BCUT2D eigenvalue weighted by molar-refractivity contribution is -0.137. The van der Waals surface area contributed by atoms with E-state index < -0.39 is 11.7 Å². The second-order valence-electron chi connectivity index (χ2n) is 7.63. The van der Waals surface area contributed by atoms with Gasteiger partial charge < -0.3 is 15.0 Å². The fourth-order valence-electron chi connectivity index (χ4n) is 3.48. The number of nitrogens with one attached hydrogen (secondary N) is 2. The Morgan fingerprint density at radius 1 is 1.26 bits per heavy atom. The molecule has 4 nitrogen and oxygen atoms in total. The van der Waals surface area contributed by atoms with Gasteiger partial charge in [0.05, 0.1) is 23.4 Å². The normalized spacial score (nSPS) is 15.9. The lowest BCUT2D eigenvalue weighted by atomic mass is 10.1. The van der Waals surface area contributed by atoms with Crippen molar-refractivity contribution in [3.63, 3.8) is 0 Å². The third kappa shape index (κ3) is 4.84. The van der Waals surface area contributed by atoms with E-state index in [-0.39, 0.29) is 8.76 Å². The summed E-state index contributed by atoms with van der Waals surface area (Å²) in [5, 5.41) is 3.73. The maximum absolute atomic E-state index is 12.7. The Morgan fingerprint density at radius 2 is 2.03 bits per heavy atom. The molecule has 0 saturated heterocycles. The molecule has 0 unspecified atom stereocenters. The van der Waals surface area contributed by atoms with Gasteiger partial charge in [-0.15, -0.1) is 5.73 Å². The summed E-state index contributed by atoms with van der Waals surface area (Å²) in [6.07, 6.45) is 0.443. The largest absolute Gasteiger partial charge is 0.493 e. The Morgan fingerprint density at radius 3 is 2.71 bits per heavy atom. The smallest absolute Gasteiger partial charge is 0.416 e. The summed E-state index contributed by atoms with van der Waals surface area (Å²) in [7, 11) is 0. The number of H-pyrrole nitrogens is 1. The summed E-state index contributed by atoms with van der Waals surface area (Å²) in [6.45, 7) is 2.35. The number of hydrogen-bond acceptors (Lipinski definition) is 2. The SMILES string of the molecule is C[C@@H]1C=C=C(C(=O)Nc2c[nH]c3ccc(OCCc4ccc(C(F)(F)F)cc4)cc23)C1.[HH].[HH]. The Hall–Kier alpha value is -3.44. The lowest BCUT2D eigenvalue weighted by Crippen LogP contribution is -2.13. The first-order chi connectivity index (χ1) is 14.8.